The molecule has 1 aromatic carbocycles. The Balaban J connectivity index is 1.95. The van der Waals surface area contributed by atoms with Gasteiger partial charge >= 0.3 is 0 Å². The summed E-state index contributed by atoms with van der Waals surface area (Å²) in [6.07, 6.45) is 0. The van der Waals surface area contributed by atoms with E-state index in [0.717, 1.165) is 0 Å². The molecule has 2 aromatic rings. The number of nitrogens with one attached hydrogen (secondary N) is 1. The molecule has 0 radical (unpaired) electrons. The number of nitrogens with two attached hydrogens (primary N) is 1. The molecule has 1 heterocycles. The van der Waals surface area contributed by atoms with Crippen LogP contribution in [0.5, 0.6) is 5.75 Å². The first-order valence-electron chi connectivity index (χ1n) is 5.62. The summed E-state index contributed by atoms with van der Waals surface area (Å²) in [5.74, 6) is -1.69. The van der Waals surface area contributed by atoms with Gasteiger partial charge in [0.2, 0.25) is 0 Å². The fourth-order valence-corrected chi connectivity index (χ4v) is 2.28. The Labute approximate surface area is 118 Å². The van der Waals surface area contributed by atoms with Crippen molar-refractivity contribution < 1.29 is 18.7 Å². The Kier molecular flexibility index (Phi) is 4.31. The SMILES string of the molecule is NC(=O)c1ccsc1NC(=O)COc1ccccc1F. The first kappa shape index (κ1) is 14.0. The molecule has 0 fully saturated rings. The van der Waals surface area contributed by atoms with Crippen LogP contribution in [0.2, 0.25) is 0 Å². The van der Waals surface area contributed by atoms with E-state index in [-0.39, 0.29) is 17.9 Å². The molecule has 1 aromatic heterocycles. The number of halogens is 1. The summed E-state index contributed by atoms with van der Waals surface area (Å²) in [7, 11) is 0. The lowest BCUT2D eigenvalue weighted by atomic mass is 10.3. The van der Waals surface area contributed by atoms with Gasteiger partial charge in [-0.05, 0) is 23.6 Å². The normalized spacial score (nSPS) is 10.1. The third-order valence-corrected chi connectivity index (χ3v) is 3.21. The van der Waals surface area contributed by atoms with Crippen LogP contribution in [-0.2, 0) is 4.79 Å². The summed E-state index contributed by atoms with van der Waals surface area (Å²) in [4.78, 5) is 22.8. The second-order valence-electron chi connectivity index (χ2n) is 3.79. The molecule has 0 aliphatic rings. The maximum Gasteiger partial charge on any atom is 0.262 e. The van der Waals surface area contributed by atoms with Gasteiger partial charge in [0, 0.05) is 0 Å². The molecule has 5 nitrogen and oxygen atoms in total. The molecule has 7 heteroatoms. The first-order chi connectivity index (χ1) is 9.58. The fourth-order valence-electron chi connectivity index (χ4n) is 1.47. The average Bonchev–Trinajstić information content (AvgIpc) is 2.86. The number of anilines is 1. The standard InChI is InChI=1S/C13H11FN2O3S/c14-9-3-1-2-4-10(9)19-7-11(17)16-13-8(12(15)18)5-6-20-13/h1-6H,7H2,(H2,15,18)(H,16,17). The van der Waals surface area contributed by atoms with Gasteiger partial charge in [0.1, 0.15) is 5.00 Å². The highest BCUT2D eigenvalue weighted by Gasteiger charge is 2.13. The maximum absolute atomic E-state index is 13.3. The number of amides is 2. The van der Waals surface area contributed by atoms with Gasteiger partial charge in [0.25, 0.3) is 11.8 Å². The molecule has 0 aliphatic heterocycles. The smallest absolute Gasteiger partial charge is 0.262 e. The van der Waals surface area contributed by atoms with Crippen molar-refractivity contribution in [3.05, 3.63) is 47.1 Å². The zero-order chi connectivity index (χ0) is 14.5. The fraction of sp³-hybridized carbons (Fsp3) is 0.0769. The lowest BCUT2D eigenvalue weighted by Crippen LogP contribution is -2.22. The molecule has 0 bridgehead atoms. The van der Waals surface area contributed by atoms with Crippen molar-refractivity contribution in [1.29, 1.82) is 0 Å². The topological polar surface area (TPSA) is 81.4 Å². The molecule has 0 aliphatic carbocycles. The van der Waals surface area contributed by atoms with E-state index in [1.165, 1.54) is 35.6 Å². The maximum atomic E-state index is 13.3. The molecule has 20 heavy (non-hydrogen) atoms. The molecule has 104 valence electrons. The molecule has 2 amide bonds. The average molecular weight is 294 g/mol. The molecule has 0 saturated heterocycles. The predicted molar refractivity (Wildman–Crippen MR) is 73.4 cm³/mol. The molecule has 0 atom stereocenters. The van der Waals surface area contributed by atoms with Crippen LogP contribution in [0.4, 0.5) is 9.39 Å². The van der Waals surface area contributed by atoms with Gasteiger partial charge in [-0.1, -0.05) is 12.1 Å². The van der Waals surface area contributed by atoms with Crippen LogP contribution in [0, 0.1) is 5.82 Å². The minimum Gasteiger partial charge on any atom is -0.481 e. The van der Waals surface area contributed by atoms with Crippen molar-refractivity contribution >= 4 is 28.2 Å². The molecular weight excluding hydrogens is 283 g/mol. The van der Waals surface area contributed by atoms with Crippen molar-refractivity contribution in [3.63, 3.8) is 0 Å². The third kappa shape index (κ3) is 3.33. The van der Waals surface area contributed by atoms with Crippen LogP contribution in [0.3, 0.4) is 0 Å². The second-order valence-corrected chi connectivity index (χ2v) is 4.71. The number of hydrogen-bond donors (Lipinski definition) is 2. The number of benzene rings is 1. The Hall–Kier alpha value is -2.41. The quantitative estimate of drug-likeness (QED) is 0.885. The van der Waals surface area contributed by atoms with E-state index in [1.54, 1.807) is 11.4 Å². The first-order valence-corrected chi connectivity index (χ1v) is 6.50. The second kappa shape index (κ2) is 6.16. The Bertz CT molecular complexity index is 642. The van der Waals surface area contributed by atoms with Gasteiger partial charge in [0.05, 0.1) is 5.56 Å². The van der Waals surface area contributed by atoms with Crippen molar-refractivity contribution in [2.75, 3.05) is 11.9 Å². The molecule has 2 rings (SSSR count). The number of ether oxygens (including phenoxy) is 1. The lowest BCUT2D eigenvalue weighted by Gasteiger charge is -2.07. The van der Waals surface area contributed by atoms with E-state index >= 15 is 0 Å². The van der Waals surface area contributed by atoms with Crippen LogP contribution in [0.1, 0.15) is 10.4 Å². The monoisotopic (exact) mass is 294 g/mol. The summed E-state index contributed by atoms with van der Waals surface area (Å²) in [6.45, 7) is -0.364. The van der Waals surface area contributed by atoms with Crippen LogP contribution in [-0.4, -0.2) is 18.4 Å². The van der Waals surface area contributed by atoms with E-state index in [0.29, 0.717) is 5.00 Å². The van der Waals surface area contributed by atoms with Gasteiger partial charge in [-0.2, -0.15) is 0 Å². The van der Waals surface area contributed by atoms with E-state index in [2.05, 4.69) is 5.32 Å². The van der Waals surface area contributed by atoms with Gasteiger partial charge < -0.3 is 15.8 Å². The van der Waals surface area contributed by atoms with Crippen LogP contribution < -0.4 is 15.8 Å². The molecule has 0 saturated carbocycles. The Morgan fingerprint density at radius 1 is 1.30 bits per heavy atom. The van der Waals surface area contributed by atoms with Crippen molar-refractivity contribution in [2.45, 2.75) is 0 Å². The number of para-hydroxylation sites is 1. The van der Waals surface area contributed by atoms with Gasteiger partial charge in [0.15, 0.2) is 18.2 Å². The molecule has 0 unspecified atom stereocenters. The molecule has 0 spiro atoms. The summed E-state index contributed by atoms with van der Waals surface area (Å²) < 4.78 is 18.3. The van der Waals surface area contributed by atoms with Crippen LogP contribution in [0.25, 0.3) is 0 Å². The molecule has 3 N–H and O–H groups in total. The number of primary amides is 1. The summed E-state index contributed by atoms with van der Waals surface area (Å²) in [6, 6.07) is 7.29. The Morgan fingerprint density at radius 2 is 2.05 bits per heavy atom. The highest BCUT2D eigenvalue weighted by molar-refractivity contribution is 7.14. The minimum atomic E-state index is -0.628. The predicted octanol–water partition coefficient (Wildman–Crippen LogP) is 2.00. The van der Waals surface area contributed by atoms with Crippen LogP contribution in [0.15, 0.2) is 35.7 Å². The summed E-state index contributed by atoms with van der Waals surface area (Å²) in [5, 5.41) is 4.47. The summed E-state index contributed by atoms with van der Waals surface area (Å²) in [5.41, 5.74) is 5.39. The van der Waals surface area contributed by atoms with Crippen molar-refractivity contribution in [2.24, 2.45) is 5.73 Å². The number of carbonyl (C=O) groups is 2. The minimum absolute atomic E-state index is 0.0102. The van der Waals surface area contributed by atoms with E-state index in [1.807, 2.05) is 0 Å². The number of thiophene rings is 1. The number of carbonyl (C=O) groups excluding carboxylic acids is 2. The van der Waals surface area contributed by atoms with Gasteiger partial charge in [-0.3, -0.25) is 9.59 Å². The third-order valence-electron chi connectivity index (χ3n) is 2.38. The Morgan fingerprint density at radius 3 is 2.75 bits per heavy atom. The van der Waals surface area contributed by atoms with Crippen molar-refractivity contribution in [1.82, 2.24) is 0 Å². The van der Waals surface area contributed by atoms with Crippen LogP contribution >= 0.6 is 11.3 Å². The largest absolute Gasteiger partial charge is 0.481 e. The highest BCUT2D eigenvalue weighted by Crippen LogP contribution is 2.22. The van der Waals surface area contributed by atoms with E-state index in [4.69, 9.17) is 10.5 Å². The number of hydrogen-bond acceptors (Lipinski definition) is 4. The highest BCUT2D eigenvalue weighted by atomic mass is 32.1. The molecular formula is C13H11FN2O3S. The lowest BCUT2D eigenvalue weighted by molar-refractivity contribution is -0.118. The summed E-state index contributed by atoms with van der Waals surface area (Å²) >= 11 is 1.17. The van der Waals surface area contributed by atoms with Gasteiger partial charge in [-0.15, -0.1) is 11.3 Å². The zero-order valence-corrected chi connectivity index (χ0v) is 11.1. The van der Waals surface area contributed by atoms with E-state index in [9.17, 15) is 14.0 Å². The van der Waals surface area contributed by atoms with Gasteiger partial charge in [-0.25, -0.2) is 4.39 Å². The number of rotatable bonds is 5. The zero-order valence-electron chi connectivity index (χ0n) is 10.3. The van der Waals surface area contributed by atoms with E-state index < -0.39 is 17.6 Å². The van der Waals surface area contributed by atoms with Crippen molar-refractivity contribution in [3.8, 4) is 5.75 Å².